The highest BCUT2D eigenvalue weighted by Crippen LogP contribution is 2.26. The summed E-state index contributed by atoms with van der Waals surface area (Å²) in [6, 6.07) is 9.32. The van der Waals surface area contributed by atoms with Crippen molar-refractivity contribution in [3.63, 3.8) is 0 Å². The molecule has 6 nitrogen and oxygen atoms in total. The molecule has 0 atom stereocenters. The summed E-state index contributed by atoms with van der Waals surface area (Å²) < 4.78 is 10.7. The van der Waals surface area contributed by atoms with E-state index in [1.165, 1.54) is 0 Å². The highest BCUT2D eigenvalue weighted by atomic mass is 16.5. The van der Waals surface area contributed by atoms with Gasteiger partial charge in [0.25, 0.3) is 5.91 Å². The van der Waals surface area contributed by atoms with Crippen LogP contribution in [0.1, 0.15) is 37.4 Å². The molecule has 0 spiro atoms. The lowest BCUT2D eigenvalue weighted by atomic mass is 10.00. The van der Waals surface area contributed by atoms with Gasteiger partial charge in [-0.1, -0.05) is 37.2 Å². The number of rotatable bonds is 5. The average Bonchev–Trinajstić information content (AvgIpc) is 2.94. The maximum absolute atomic E-state index is 12.0. The third-order valence-corrected chi connectivity index (χ3v) is 3.66. The number of carbonyl (C=O) groups excluding carboxylic acids is 1. The van der Waals surface area contributed by atoms with Crippen LogP contribution in [-0.2, 0) is 4.79 Å². The molecule has 0 bridgehead atoms. The monoisotopic (exact) mass is 301 g/mol. The van der Waals surface area contributed by atoms with Crippen LogP contribution in [0.5, 0.6) is 5.75 Å². The van der Waals surface area contributed by atoms with Crippen molar-refractivity contribution >= 4 is 5.91 Å². The zero-order chi connectivity index (χ0) is 15.5. The summed E-state index contributed by atoms with van der Waals surface area (Å²) in [6.45, 7) is 5.31. The fraction of sp³-hybridized carbons (Fsp3) is 0.438. The molecule has 6 heteroatoms. The Labute approximate surface area is 129 Å². The lowest BCUT2D eigenvalue weighted by Gasteiger charge is -2.36. The average molecular weight is 301 g/mol. The van der Waals surface area contributed by atoms with Crippen LogP contribution in [0.4, 0.5) is 0 Å². The Morgan fingerprint density at radius 3 is 2.73 bits per heavy atom. The van der Waals surface area contributed by atoms with Crippen LogP contribution < -0.4 is 4.74 Å². The van der Waals surface area contributed by atoms with Crippen LogP contribution in [0.25, 0.3) is 0 Å². The van der Waals surface area contributed by atoms with Gasteiger partial charge in [-0.15, -0.1) is 0 Å². The van der Waals surface area contributed by atoms with Crippen molar-refractivity contribution in [2.75, 3.05) is 19.7 Å². The van der Waals surface area contributed by atoms with Crippen LogP contribution in [0, 0.1) is 0 Å². The second-order valence-corrected chi connectivity index (χ2v) is 5.74. The molecule has 1 fully saturated rings. The molecule has 1 aliphatic rings. The third-order valence-electron chi connectivity index (χ3n) is 3.66. The molecule has 0 radical (unpaired) electrons. The minimum absolute atomic E-state index is 0.0244. The number of ether oxygens (including phenoxy) is 1. The van der Waals surface area contributed by atoms with Crippen molar-refractivity contribution in [1.82, 2.24) is 15.0 Å². The number of para-hydroxylation sites is 1. The van der Waals surface area contributed by atoms with Gasteiger partial charge < -0.3 is 14.2 Å². The Morgan fingerprint density at radius 1 is 1.36 bits per heavy atom. The fourth-order valence-corrected chi connectivity index (χ4v) is 2.24. The first-order chi connectivity index (χ1) is 10.6. The zero-order valence-electron chi connectivity index (χ0n) is 12.7. The lowest BCUT2D eigenvalue weighted by molar-refractivity contribution is -0.138. The van der Waals surface area contributed by atoms with Crippen LogP contribution >= 0.6 is 0 Å². The maximum Gasteiger partial charge on any atom is 0.260 e. The highest BCUT2D eigenvalue weighted by Gasteiger charge is 2.35. The molecule has 0 unspecified atom stereocenters. The highest BCUT2D eigenvalue weighted by molar-refractivity contribution is 5.78. The molecule has 0 aliphatic carbocycles. The summed E-state index contributed by atoms with van der Waals surface area (Å²) in [6.07, 6.45) is 0. The summed E-state index contributed by atoms with van der Waals surface area (Å²) in [5.74, 6) is 2.40. The molecule has 0 N–H and O–H groups in total. The van der Waals surface area contributed by atoms with E-state index in [1.54, 1.807) is 4.90 Å². The molecule has 2 aromatic rings. The van der Waals surface area contributed by atoms with Crippen molar-refractivity contribution < 1.29 is 14.1 Å². The van der Waals surface area contributed by atoms with E-state index in [9.17, 15) is 4.79 Å². The van der Waals surface area contributed by atoms with Crippen molar-refractivity contribution in [2.24, 2.45) is 0 Å². The molecule has 1 aromatic carbocycles. The summed E-state index contributed by atoms with van der Waals surface area (Å²) >= 11 is 0. The van der Waals surface area contributed by atoms with Crippen molar-refractivity contribution in [2.45, 2.75) is 25.7 Å². The van der Waals surface area contributed by atoms with Gasteiger partial charge in [0.05, 0.1) is 5.92 Å². The number of hydrogen-bond donors (Lipinski definition) is 0. The predicted molar refractivity (Wildman–Crippen MR) is 79.6 cm³/mol. The van der Waals surface area contributed by atoms with E-state index in [2.05, 4.69) is 10.1 Å². The molecule has 1 amide bonds. The number of benzene rings is 1. The van der Waals surface area contributed by atoms with Gasteiger partial charge in [0.1, 0.15) is 5.75 Å². The smallest absolute Gasteiger partial charge is 0.260 e. The van der Waals surface area contributed by atoms with Crippen molar-refractivity contribution in [3.05, 3.63) is 42.0 Å². The van der Waals surface area contributed by atoms with Crippen LogP contribution in [0.3, 0.4) is 0 Å². The summed E-state index contributed by atoms with van der Waals surface area (Å²) in [4.78, 5) is 18.1. The van der Waals surface area contributed by atoms with E-state index in [0.29, 0.717) is 30.6 Å². The Hall–Kier alpha value is -2.37. The minimum atomic E-state index is -0.0244. The van der Waals surface area contributed by atoms with E-state index < -0.39 is 0 Å². The molecule has 1 aliphatic heterocycles. The van der Waals surface area contributed by atoms with E-state index in [0.717, 1.165) is 0 Å². The molecular formula is C16H19N3O3. The van der Waals surface area contributed by atoms with Gasteiger partial charge in [0.2, 0.25) is 5.89 Å². The fourth-order valence-electron chi connectivity index (χ4n) is 2.24. The largest absolute Gasteiger partial charge is 0.484 e. The van der Waals surface area contributed by atoms with Gasteiger partial charge >= 0.3 is 0 Å². The minimum Gasteiger partial charge on any atom is -0.484 e. The summed E-state index contributed by atoms with van der Waals surface area (Å²) in [5, 5.41) is 3.95. The van der Waals surface area contributed by atoms with Gasteiger partial charge in [-0.2, -0.15) is 4.98 Å². The number of likely N-dealkylation sites (tertiary alicyclic amines) is 1. The molecule has 116 valence electrons. The van der Waals surface area contributed by atoms with Crippen molar-refractivity contribution in [3.8, 4) is 5.75 Å². The topological polar surface area (TPSA) is 68.5 Å². The Morgan fingerprint density at radius 2 is 2.09 bits per heavy atom. The first kappa shape index (κ1) is 14.6. The number of hydrogen-bond acceptors (Lipinski definition) is 5. The molecule has 22 heavy (non-hydrogen) atoms. The van der Waals surface area contributed by atoms with Gasteiger partial charge in [0, 0.05) is 19.0 Å². The summed E-state index contributed by atoms with van der Waals surface area (Å²) in [5.41, 5.74) is 0. The van der Waals surface area contributed by atoms with Gasteiger partial charge in [-0.3, -0.25) is 4.79 Å². The van der Waals surface area contributed by atoms with Gasteiger partial charge in [0.15, 0.2) is 12.4 Å². The zero-order valence-corrected chi connectivity index (χ0v) is 12.7. The van der Waals surface area contributed by atoms with E-state index in [-0.39, 0.29) is 24.3 Å². The second-order valence-electron chi connectivity index (χ2n) is 5.74. The van der Waals surface area contributed by atoms with Crippen molar-refractivity contribution in [1.29, 1.82) is 0 Å². The predicted octanol–water partition coefficient (Wildman–Crippen LogP) is 2.20. The van der Waals surface area contributed by atoms with Crippen LogP contribution in [0.15, 0.2) is 34.9 Å². The summed E-state index contributed by atoms with van der Waals surface area (Å²) in [7, 11) is 0. The first-order valence-corrected chi connectivity index (χ1v) is 7.42. The molecule has 0 saturated carbocycles. The van der Waals surface area contributed by atoms with Gasteiger partial charge in [-0.05, 0) is 12.1 Å². The van der Waals surface area contributed by atoms with Crippen LogP contribution in [-0.4, -0.2) is 40.6 Å². The number of nitrogens with zero attached hydrogens (tertiary/aromatic N) is 3. The van der Waals surface area contributed by atoms with E-state index >= 15 is 0 Å². The van der Waals surface area contributed by atoms with E-state index in [4.69, 9.17) is 9.26 Å². The van der Waals surface area contributed by atoms with Crippen LogP contribution in [0.2, 0.25) is 0 Å². The van der Waals surface area contributed by atoms with E-state index in [1.807, 2.05) is 44.2 Å². The second kappa shape index (κ2) is 6.17. The number of carbonyl (C=O) groups is 1. The number of aromatic nitrogens is 2. The molecule has 2 heterocycles. The number of amides is 1. The SMILES string of the molecule is CC(C)c1noc(C2CN(C(=O)COc3ccccc3)C2)n1. The molecule has 1 saturated heterocycles. The standard InChI is InChI=1S/C16H19N3O3/c1-11(2)15-17-16(22-18-15)12-8-19(9-12)14(20)10-21-13-6-4-3-5-7-13/h3-7,11-12H,8-10H2,1-2H3. The third kappa shape index (κ3) is 3.10. The molecular weight excluding hydrogens is 282 g/mol. The molecule has 1 aromatic heterocycles. The van der Waals surface area contributed by atoms with Gasteiger partial charge in [-0.25, -0.2) is 0 Å². The Kier molecular flexibility index (Phi) is 4.09. The maximum atomic E-state index is 12.0. The Balaban J connectivity index is 1.47. The first-order valence-electron chi connectivity index (χ1n) is 7.42. The Bertz CT molecular complexity index is 633. The molecule has 3 rings (SSSR count). The normalized spacial score (nSPS) is 15.0. The lowest BCUT2D eigenvalue weighted by Crippen LogP contribution is -2.50. The quantitative estimate of drug-likeness (QED) is 0.847.